The van der Waals surface area contributed by atoms with Crippen LogP contribution in [0.25, 0.3) is 0 Å². The summed E-state index contributed by atoms with van der Waals surface area (Å²) in [6.45, 7) is 12.6. The van der Waals surface area contributed by atoms with E-state index in [0.29, 0.717) is 17.2 Å². The van der Waals surface area contributed by atoms with E-state index in [1.165, 1.54) is 11.8 Å². The van der Waals surface area contributed by atoms with E-state index in [1.54, 1.807) is 65.8 Å². The quantitative estimate of drug-likeness (QED) is 0.217. The highest BCUT2D eigenvalue weighted by Gasteiger charge is 2.46. The lowest BCUT2D eigenvalue weighted by Gasteiger charge is -2.28. The molecule has 0 radical (unpaired) electrons. The molecule has 0 bridgehead atoms. The predicted molar refractivity (Wildman–Crippen MR) is 209 cm³/mol. The minimum Gasteiger partial charge on any atom is -0.457 e. The van der Waals surface area contributed by atoms with E-state index in [9.17, 15) is 27.4 Å². The molecule has 5 rings (SSSR count). The van der Waals surface area contributed by atoms with Crippen molar-refractivity contribution >= 4 is 58.1 Å². The van der Waals surface area contributed by atoms with Crippen molar-refractivity contribution in [2.24, 2.45) is 16.8 Å². The van der Waals surface area contributed by atoms with Crippen LogP contribution in [-0.4, -0.2) is 89.2 Å². The summed E-state index contributed by atoms with van der Waals surface area (Å²) in [5.41, 5.74) is 0.209. The van der Waals surface area contributed by atoms with Gasteiger partial charge in [0.2, 0.25) is 11.9 Å². The van der Waals surface area contributed by atoms with Crippen molar-refractivity contribution in [2.45, 2.75) is 121 Å². The molecule has 3 aliphatic rings. The molecule has 1 saturated heterocycles. The van der Waals surface area contributed by atoms with Crippen molar-refractivity contribution in [3.8, 4) is 6.01 Å². The fourth-order valence-electron chi connectivity index (χ4n) is 6.19. The third-order valence-electron chi connectivity index (χ3n) is 9.54. The van der Waals surface area contributed by atoms with Gasteiger partial charge in [0, 0.05) is 29.7 Å². The molecule has 3 N–H and O–H groups in total. The number of alkyl halides is 2. The Hall–Kier alpha value is -4.25. The van der Waals surface area contributed by atoms with Crippen LogP contribution in [0.15, 0.2) is 41.4 Å². The molecule has 3 amide bonds. The summed E-state index contributed by atoms with van der Waals surface area (Å²) in [7, 11) is -1.72. The first kappa shape index (κ1) is 42.9. The summed E-state index contributed by atoms with van der Waals surface area (Å²) in [5, 5.41) is 6.90. The minimum atomic E-state index is -3.09. The molecule has 2 heterocycles. The van der Waals surface area contributed by atoms with Crippen LogP contribution in [0.5, 0.6) is 6.01 Å². The van der Waals surface area contributed by atoms with Crippen molar-refractivity contribution in [3.05, 3.63) is 47.0 Å². The number of carbonyl (C=O) groups excluding carboxylic acids is 3. The van der Waals surface area contributed by atoms with Crippen LogP contribution in [0.3, 0.4) is 0 Å². The van der Waals surface area contributed by atoms with Gasteiger partial charge in [-0.3, -0.25) is 19.2 Å². The number of allylic oxidation sites excluding steroid dienone is 1. The number of likely N-dealkylation sites (tertiary alicyclic amines) is 1. The second-order valence-corrected chi connectivity index (χ2v) is 19.0. The van der Waals surface area contributed by atoms with E-state index in [4.69, 9.17) is 21.1 Å². The van der Waals surface area contributed by atoms with E-state index in [0.717, 1.165) is 18.4 Å². The fraction of sp³-hybridized carbons (Fsp3) is 0.605. The highest BCUT2D eigenvalue weighted by atomic mass is 35.5. The number of nitrogens with one attached hydrogen (secondary N) is 3. The molecular weight excluding hydrogens is 770 g/mol. The van der Waals surface area contributed by atoms with E-state index in [1.807, 2.05) is 19.1 Å². The summed E-state index contributed by atoms with van der Waals surface area (Å²) < 4.78 is 53.6. The highest BCUT2D eigenvalue weighted by molar-refractivity contribution is 7.85. The van der Waals surface area contributed by atoms with Crippen LogP contribution < -0.4 is 20.1 Å². The molecule has 2 aliphatic carbocycles. The number of halogens is 3. The van der Waals surface area contributed by atoms with Crippen LogP contribution >= 0.6 is 11.6 Å². The first-order valence-electron chi connectivity index (χ1n) is 18.7. The minimum absolute atomic E-state index is 0.0159. The summed E-state index contributed by atoms with van der Waals surface area (Å²) in [6.07, 6.45) is 4.26. The first-order chi connectivity index (χ1) is 26.1. The zero-order valence-corrected chi connectivity index (χ0v) is 34.5. The van der Waals surface area contributed by atoms with E-state index in [2.05, 4.69) is 35.3 Å². The number of hydrogen-bond acceptors (Lipinski definition) is 11. The Kier molecular flexibility index (Phi) is 12.8. The molecule has 1 saturated carbocycles. The van der Waals surface area contributed by atoms with Crippen molar-refractivity contribution in [3.63, 3.8) is 0 Å². The Morgan fingerprint density at radius 2 is 1.73 bits per heavy atom. The number of benzene rings is 1. The van der Waals surface area contributed by atoms with E-state index in [-0.39, 0.29) is 42.7 Å². The number of ether oxygens (including phenoxy) is 2. The first-order valence-corrected chi connectivity index (χ1v) is 20.2. The number of carbonyl (C=O) groups is 3. The van der Waals surface area contributed by atoms with Crippen molar-refractivity contribution in [1.82, 2.24) is 29.9 Å². The van der Waals surface area contributed by atoms with Gasteiger partial charge < -0.3 is 20.1 Å². The molecule has 56 heavy (non-hydrogen) atoms. The predicted octanol–water partition coefficient (Wildman–Crippen LogP) is 6.41. The second-order valence-electron chi connectivity index (χ2n) is 16.6. The van der Waals surface area contributed by atoms with Crippen LogP contribution in [0.1, 0.15) is 93.1 Å². The Labute approximate surface area is 333 Å². The van der Waals surface area contributed by atoms with Gasteiger partial charge in [-0.15, -0.1) is 0 Å². The van der Waals surface area contributed by atoms with E-state index >= 15 is 0 Å². The number of aromatic nitrogens is 3. The zero-order chi connectivity index (χ0) is 41.2. The number of amides is 3. The third-order valence-corrected chi connectivity index (χ3v) is 11.3. The number of rotatable bonds is 12. The van der Waals surface area contributed by atoms with Gasteiger partial charge in [0.25, 0.3) is 17.8 Å². The number of nitrogens with zero attached hydrogens (tertiary/aromatic N) is 5. The molecule has 1 aromatic carbocycles. The van der Waals surface area contributed by atoms with Crippen molar-refractivity contribution in [2.75, 3.05) is 18.5 Å². The molecule has 5 unspecified atom stereocenters. The van der Waals surface area contributed by atoms with Gasteiger partial charge in [-0.05, 0) is 96.9 Å². The largest absolute Gasteiger partial charge is 0.457 e. The summed E-state index contributed by atoms with van der Waals surface area (Å²) >= 11 is 6.10. The maximum absolute atomic E-state index is 14.1. The number of hydrogen-bond donors (Lipinski definition) is 3. The maximum atomic E-state index is 14.1. The van der Waals surface area contributed by atoms with Gasteiger partial charge in [0.1, 0.15) is 22.6 Å². The molecule has 2 aromatic rings. The third kappa shape index (κ3) is 11.2. The van der Waals surface area contributed by atoms with Gasteiger partial charge in [0.15, 0.2) is 6.61 Å². The Bertz CT molecular complexity index is 1880. The van der Waals surface area contributed by atoms with Gasteiger partial charge >= 0.3 is 12.1 Å². The molecule has 14 nitrogen and oxygen atoms in total. The van der Waals surface area contributed by atoms with Crippen LogP contribution in [0.4, 0.5) is 25.5 Å². The van der Waals surface area contributed by atoms with Gasteiger partial charge in [0.05, 0.1) is 16.2 Å². The molecule has 2 fully saturated rings. The lowest BCUT2D eigenvalue weighted by Crippen LogP contribution is -2.49. The summed E-state index contributed by atoms with van der Waals surface area (Å²) in [5.74, 6) is -4.76. The van der Waals surface area contributed by atoms with Crippen molar-refractivity contribution < 1.29 is 36.8 Å². The average molecular weight is 821 g/mol. The maximum Gasteiger partial charge on any atom is 0.411 e. The van der Waals surface area contributed by atoms with Crippen LogP contribution in [0, 0.1) is 11.8 Å². The molecule has 1 aliphatic heterocycles. The topological polar surface area (TPSA) is 177 Å². The lowest BCUT2D eigenvalue weighted by atomic mass is 9.83. The Balaban J connectivity index is 1.31. The standard InChI is InChI=1S/C38H51ClF2N8O6S/c1-9-38(40,41)21-54-33-45-31(44-32(46-33)47-37(16-17-37)23-10-12-24(39)13-11-23)43-25-14-15-27(22(2)18-25)29(50)42-26-19-28(30(51)48-56(53)36(6,7)8)49(20-26)34(52)55-35(3,4)5/h10-15,22,26-28H,9,16-21H2,1-8H3,(H,42,50)(H,48,51)(H,44,45,46,47). The van der Waals surface area contributed by atoms with E-state index < -0.39 is 75.8 Å². The number of aliphatic imine (C=N–C) groups is 1. The zero-order valence-electron chi connectivity index (χ0n) is 33.0. The fourth-order valence-corrected chi connectivity index (χ4v) is 6.94. The highest BCUT2D eigenvalue weighted by Crippen LogP contribution is 2.48. The summed E-state index contributed by atoms with van der Waals surface area (Å²) in [4.78, 5) is 58.9. The van der Waals surface area contributed by atoms with Crippen molar-refractivity contribution in [1.29, 1.82) is 0 Å². The molecule has 1 aromatic heterocycles. The van der Waals surface area contributed by atoms with Crippen LogP contribution in [0.2, 0.25) is 5.02 Å². The normalized spacial score (nSPS) is 23.3. The lowest BCUT2D eigenvalue weighted by molar-refractivity contribution is -0.126. The number of anilines is 1. The van der Waals surface area contributed by atoms with Gasteiger partial charge in [-0.2, -0.15) is 15.0 Å². The second kappa shape index (κ2) is 16.7. The average Bonchev–Trinajstić information content (AvgIpc) is 3.75. The molecule has 5 atom stereocenters. The molecular formula is C38H51ClF2N8O6S. The van der Waals surface area contributed by atoms with Crippen LogP contribution in [-0.2, 0) is 30.9 Å². The monoisotopic (exact) mass is 820 g/mol. The van der Waals surface area contributed by atoms with Gasteiger partial charge in [-0.1, -0.05) is 43.7 Å². The Morgan fingerprint density at radius 1 is 1.05 bits per heavy atom. The molecule has 18 heteroatoms. The molecule has 306 valence electrons. The molecule has 0 spiro atoms. The Morgan fingerprint density at radius 3 is 2.32 bits per heavy atom. The van der Waals surface area contributed by atoms with Gasteiger partial charge in [-0.25, -0.2) is 22.8 Å². The smallest absolute Gasteiger partial charge is 0.411 e. The summed E-state index contributed by atoms with van der Waals surface area (Å²) in [6, 6.07) is 5.48. The SMILES string of the molecule is CCC(F)(F)COc1nc(N=C2C=CC(C(=O)NC3CC(C(=O)NS(=O)C(C)(C)C)N(C(=O)OC(C)(C)C)C3)C(C)C2)nc(NC2(c3ccc(Cl)cc3)CC2)n1.